The molecule has 0 aliphatic heterocycles. The summed E-state index contributed by atoms with van der Waals surface area (Å²) in [6.07, 6.45) is 2.57. The molecule has 0 fully saturated rings. The first kappa shape index (κ1) is 19.0. The minimum atomic E-state index is -0.259. The zero-order valence-corrected chi connectivity index (χ0v) is 15.8. The molecule has 5 nitrogen and oxygen atoms in total. The molecule has 1 N–H and O–H groups in total. The van der Waals surface area contributed by atoms with E-state index in [1.54, 1.807) is 18.3 Å². The quantitative estimate of drug-likeness (QED) is 0.645. The summed E-state index contributed by atoms with van der Waals surface area (Å²) in [6, 6.07) is 10.0. The number of halogens is 1. The van der Waals surface area contributed by atoms with Gasteiger partial charge in [0.05, 0.1) is 18.3 Å². The van der Waals surface area contributed by atoms with Crippen LogP contribution in [0.5, 0.6) is 5.75 Å². The van der Waals surface area contributed by atoms with Gasteiger partial charge in [-0.05, 0) is 43.2 Å². The first-order chi connectivity index (χ1) is 13.1. The van der Waals surface area contributed by atoms with Crippen molar-refractivity contribution in [3.63, 3.8) is 0 Å². The number of nitrogens with zero attached hydrogens (tertiary/aromatic N) is 2. The third kappa shape index (κ3) is 6.14. The monoisotopic (exact) mass is 385 g/mol. The topological polar surface area (TPSA) is 64.1 Å². The molecule has 3 rings (SSSR count). The smallest absolute Gasteiger partial charge is 0.226 e. The Balaban J connectivity index is 1.40. The Morgan fingerprint density at radius 3 is 2.78 bits per heavy atom. The maximum atomic E-state index is 12.9. The van der Waals surface area contributed by atoms with E-state index in [1.165, 1.54) is 23.5 Å². The molecular formula is C20H20FN3O2S. The van der Waals surface area contributed by atoms with Crippen molar-refractivity contribution in [2.24, 2.45) is 0 Å². The molecule has 140 valence electrons. The molecule has 1 amide bonds. The summed E-state index contributed by atoms with van der Waals surface area (Å²) in [5, 5.41) is 5.54. The predicted molar refractivity (Wildman–Crippen MR) is 102 cm³/mol. The molecule has 1 aromatic carbocycles. The minimum Gasteiger partial charge on any atom is -0.485 e. The molecular weight excluding hydrogens is 365 g/mol. The van der Waals surface area contributed by atoms with Crippen LogP contribution < -0.4 is 10.1 Å². The summed E-state index contributed by atoms with van der Waals surface area (Å²) in [5.74, 6) is 0.346. The van der Waals surface area contributed by atoms with Gasteiger partial charge in [-0.25, -0.2) is 9.37 Å². The van der Waals surface area contributed by atoms with Gasteiger partial charge in [-0.15, -0.1) is 11.3 Å². The number of aryl methyl sites for hydroxylation is 1. The lowest BCUT2D eigenvalue weighted by Crippen LogP contribution is -2.27. The van der Waals surface area contributed by atoms with Crippen molar-refractivity contribution >= 4 is 17.2 Å². The SMILES string of the molecule is Cc1ccc(OCc2nc(CC(=O)NCCc3ccc(F)cc3)cs2)cn1. The summed E-state index contributed by atoms with van der Waals surface area (Å²) in [6.45, 7) is 2.77. The number of hydrogen-bond donors (Lipinski definition) is 1. The minimum absolute atomic E-state index is 0.0855. The van der Waals surface area contributed by atoms with Crippen molar-refractivity contribution < 1.29 is 13.9 Å². The van der Waals surface area contributed by atoms with E-state index in [0.717, 1.165) is 22.0 Å². The van der Waals surface area contributed by atoms with Crippen molar-refractivity contribution in [2.75, 3.05) is 6.54 Å². The van der Waals surface area contributed by atoms with Crippen LogP contribution in [0, 0.1) is 12.7 Å². The van der Waals surface area contributed by atoms with Gasteiger partial charge >= 0.3 is 0 Å². The Kier molecular flexibility index (Phi) is 6.49. The number of carbonyl (C=O) groups is 1. The summed E-state index contributed by atoms with van der Waals surface area (Å²) in [7, 11) is 0. The Morgan fingerprint density at radius 1 is 1.22 bits per heavy atom. The number of hydrogen-bond acceptors (Lipinski definition) is 5. The van der Waals surface area contributed by atoms with Gasteiger partial charge in [0.2, 0.25) is 5.91 Å². The zero-order valence-electron chi connectivity index (χ0n) is 14.9. The van der Waals surface area contributed by atoms with E-state index in [0.29, 0.717) is 25.3 Å². The lowest BCUT2D eigenvalue weighted by atomic mass is 10.1. The lowest BCUT2D eigenvalue weighted by Gasteiger charge is -2.05. The molecule has 2 aromatic heterocycles. The van der Waals surface area contributed by atoms with Crippen molar-refractivity contribution in [3.05, 3.63) is 75.8 Å². The second kappa shape index (κ2) is 9.23. The standard InChI is InChI=1S/C20H20FN3O2S/c1-14-2-7-18(11-23-14)26-12-20-24-17(13-27-20)10-19(25)22-9-8-15-3-5-16(21)6-4-15/h2-7,11,13H,8-10,12H2,1H3,(H,22,25). The number of amides is 1. The highest BCUT2D eigenvalue weighted by Gasteiger charge is 2.08. The third-order valence-corrected chi connectivity index (χ3v) is 4.71. The van der Waals surface area contributed by atoms with Gasteiger partial charge in [0, 0.05) is 17.6 Å². The van der Waals surface area contributed by atoms with Crippen LogP contribution in [0.1, 0.15) is 22.0 Å². The summed E-state index contributed by atoms with van der Waals surface area (Å²) in [5.41, 5.74) is 2.64. The van der Waals surface area contributed by atoms with E-state index in [1.807, 2.05) is 24.4 Å². The number of thiazole rings is 1. The maximum Gasteiger partial charge on any atom is 0.226 e. The molecule has 0 bridgehead atoms. The van der Waals surface area contributed by atoms with E-state index < -0.39 is 0 Å². The number of aromatic nitrogens is 2. The predicted octanol–water partition coefficient (Wildman–Crippen LogP) is 3.47. The van der Waals surface area contributed by atoms with E-state index >= 15 is 0 Å². The van der Waals surface area contributed by atoms with Gasteiger partial charge in [0.1, 0.15) is 23.2 Å². The number of nitrogens with one attached hydrogen (secondary N) is 1. The van der Waals surface area contributed by atoms with Gasteiger partial charge in [-0.3, -0.25) is 9.78 Å². The van der Waals surface area contributed by atoms with Crippen molar-refractivity contribution in [2.45, 2.75) is 26.4 Å². The van der Waals surface area contributed by atoms with Crippen LogP contribution in [-0.2, 0) is 24.2 Å². The lowest BCUT2D eigenvalue weighted by molar-refractivity contribution is -0.120. The average molecular weight is 385 g/mol. The second-order valence-corrected chi connectivity index (χ2v) is 7.00. The zero-order chi connectivity index (χ0) is 19.1. The molecule has 0 radical (unpaired) electrons. The number of benzene rings is 1. The fraction of sp³-hybridized carbons (Fsp3) is 0.250. The van der Waals surface area contributed by atoms with Crippen LogP contribution in [0.25, 0.3) is 0 Å². The molecule has 0 saturated heterocycles. The Labute approximate surface area is 161 Å². The Hall–Kier alpha value is -2.80. The highest BCUT2D eigenvalue weighted by molar-refractivity contribution is 7.09. The third-order valence-electron chi connectivity index (χ3n) is 3.84. The molecule has 3 aromatic rings. The van der Waals surface area contributed by atoms with Gasteiger partial charge in [0.25, 0.3) is 0 Å². The highest BCUT2D eigenvalue weighted by atomic mass is 32.1. The number of pyridine rings is 1. The number of carbonyl (C=O) groups excluding carboxylic acids is 1. The molecule has 2 heterocycles. The molecule has 0 aliphatic carbocycles. The van der Waals surface area contributed by atoms with E-state index in [2.05, 4.69) is 15.3 Å². The Bertz CT molecular complexity index is 879. The van der Waals surface area contributed by atoms with Crippen molar-refractivity contribution in [1.82, 2.24) is 15.3 Å². The normalized spacial score (nSPS) is 10.6. The fourth-order valence-electron chi connectivity index (χ4n) is 2.41. The van der Waals surface area contributed by atoms with Crippen LogP contribution >= 0.6 is 11.3 Å². The highest BCUT2D eigenvalue weighted by Crippen LogP contribution is 2.15. The van der Waals surface area contributed by atoms with Gasteiger partial charge in [0.15, 0.2) is 0 Å². The van der Waals surface area contributed by atoms with Crippen LogP contribution in [0.15, 0.2) is 48.0 Å². The first-order valence-corrected chi connectivity index (χ1v) is 9.46. The summed E-state index contributed by atoms with van der Waals surface area (Å²) in [4.78, 5) is 20.6. The number of ether oxygens (including phenoxy) is 1. The van der Waals surface area contributed by atoms with Gasteiger partial charge in [-0.1, -0.05) is 12.1 Å². The second-order valence-electron chi connectivity index (χ2n) is 6.06. The van der Waals surface area contributed by atoms with Gasteiger partial charge in [-0.2, -0.15) is 0 Å². The van der Waals surface area contributed by atoms with Crippen LogP contribution in [0.3, 0.4) is 0 Å². The summed E-state index contributed by atoms with van der Waals surface area (Å²) < 4.78 is 18.5. The largest absolute Gasteiger partial charge is 0.485 e. The van der Waals surface area contributed by atoms with Crippen LogP contribution in [0.4, 0.5) is 4.39 Å². The summed E-state index contributed by atoms with van der Waals surface area (Å²) >= 11 is 1.46. The molecule has 0 aliphatic rings. The molecule has 27 heavy (non-hydrogen) atoms. The average Bonchev–Trinajstić information content (AvgIpc) is 3.10. The number of rotatable bonds is 8. The van der Waals surface area contributed by atoms with E-state index in [9.17, 15) is 9.18 Å². The maximum absolute atomic E-state index is 12.9. The van der Waals surface area contributed by atoms with E-state index in [-0.39, 0.29) is 18.1 Å². The molecule has 0 unspecified atom stereocenters. The van der Waals surface area contributed by atoms with Gasteiger partial charge < -0.3 is 10.1 Å². The Morgan fingerprint density at radius 2 is 2.04 bits per heavy atom. The first-order valence-electron chi connectivity index (χ1n) is 8.58. The fourth-order valence-corrected chi connectivity index (χ4v) is 3.11. The molecule has 0 saturated carbocycles. The van der Waals surface area contributed by atoms with Crippen molar-refractivity contribution in [1.29, 1.82) is 0 Å². The molecule has 0 atom stereocenters. The van der Waals surface area contributed by atoms with Crippen LogP contribution in [-0.4, -0.2) is 22.4 Å². The molecule has 0 spiro atoms. The molecule has 7 heteroatoms. The van der Waals surface area contributed by atoms with E-state index in [4.69, 9.17) is 4.74 Å². The van der Waals surface area contributed by atoms with Crippen molar-refractivity contribution in [3.8, 4) is 5.75 Å². The van der Waals surface area contributed by atoms with Crippen LogP contribution in [0.2, 0.25) is 0 Å².